The Morgan fingerprint density at radius 2 is 2.00 bits per heavy atom. The number of nitrogens with zero attached hydrogens (tertiary/aromatic N) is 1. The second-order valence-electron chi connectivity index (χ2n) is 4.61. The third kappa shape index (κ3) is 3.67. The van der Waals surface area contributed by atoms with Gasteiger partial charge in [0.15, 0.2) is 0 Å². The molecule has 88 valence electrons. The molecule has 2 nitrogen and oxygen atoms in total. The van der Waals surface area contributed by atoms with Crippen molar-refractivity contribution in [3.05, 3.63) is 23.5 Å². The number of hydrogen-bond acceptors (Lipinski definition) is 2. The number of rotatable bonds is 3. The fourth-order valence-corrected chi connectivity index (χ4v) is 2.52. The first-order valence-electron chi connectivity index (χ1n) is 6.20. The molecule has 0 saturated heterocycles. The van der Waals surface area contributed by atoms with Crippen LogP contribution in [0.4, 0.5) is 5.69 Å². The summed E-state index contributed by atoms with van der Waals surface area (Å²) in [7, 11) is 0. The van der Waals surface area contributed by atoms with E-state index in [0.29, 0.717) is 5.15 Å². The van der Waals surface area contributed by atoms with Crippen molar-refractivity contribution in [1.29, 1.82) is 0 Å². The Labute approximate surface area is 102 Å². The maximum absolute atomic E-state index is 5.84. The van der Waals surface area contributed by atoms with Gasteiger partial charge < -0.3 is 5.32 Å². The van der Waals surface area contributed by atoms with E-state index in [-0.39, 0.29) is 0 Å². The smallest absolute Gasteiger partial charge is 0.131 e. The van der Waals surface area contributed by atoms with Crippen LogP contribution in [0.2, 0.25) is 5.15 Å². The summed E-state index contributed by atoms with van der Waals surface area (Å²) in [6, 6.07) is 3.86. The van der Waals surface area contributed by atoms with E-state index in [0.717, 1.165) is 18.2 Å². The van der Waals surface area contributed by atoms with E-state index in [9.17, 15) is 0 Å². The molecule has 1 fully saturated rings. The van der Waals surface area contributed by atoms with E-state index in [4.69, 9.17) is 11.6 Å². The molecule has 0 aliphatic heterocycles. The van der Waals surface area contributed by atoms with Crippen LogP contribution in [-0.4, -0.2) is 11.5 Å². The number of aromatic nitrogens is 1. The molecular weight excluding hydrogens is 220 g/mol. The van der Waals surface area contributed by atoms with Crippen molar-refractivity contribution >= 4 is 17.3 Å². The standard InChI is InChI=1S/C13H19ClN2/c14-13-9-12(7-8-15-13)16-10-11-5-3-1-2-4-6-11/h7-9,11H,1-6,10H2,(H,15,16). The second kappa shape index (κ2) is 6.09. The minimum atomic E-state index is 0.561. The molecule has 0 bridgehead atoms. The Morgan fingerprint density at radius 3 is 2.69 bits per heavy atom. The third-order valence-electron chi connectivity index (χ3n) is 3.30. The lowest BCUT2D eigenvalue weighted by atomic mass is 10.0. The van der Waals surface area contributed by atoms with E-state index in [1.54, 1.807) is 6.20 Å². The molecule has 0 radical (unpaired) electrons. The summed E-state index contributed by atoms with van der Waals surface area (Å²) >= 11 is 5.84. The van der Waals surface area contributed by atoms with Gasteiger partial charge in [0.05, 0.1) is 0 Å². The molecule has 1 heterocycles. The van der Waals surface area contributed by atoms with Gasteiger partial charge in [-0.05, 0) is 30.9 Å². The van der Waals surface area contributed by atoms with Crippen LogP contribution in [0, 0.1) is 5.92 Å². The predicted octanol–water partition coefficient (Wildman–Crippen LogP) is 4.12. The molecule has 1 aromatic rings. The number of pyridine rings is 1. The van der Waals surface area contributed by atoms with E-state index < -0.39 is 0 Å². The van der Waals surface area contributed by atoms with Gasteiger partial charge in [-0.15, -0.1) is 0 Å². The van der Waals surface area contributed by atoms with Gasteiger partial charge in [0, 0.05) is 18.4 Å². The quantitative estimate of drug-likeness (QED) is 0.633. The zero-order valence-electron chi connectivity index (χ0n) is 9.58. The fourth-order valence-electron chi connectivity index (χ4n) is 2.34. The molecule has 0 aromatic carbocycles. The van der Waals surface area contributed by atoms with Gasteiger partial charge >= 0.3 is 0 Å². The normalized spacial score (nSPS) is 18.1. The first kappa shape index (κ1) is 11.7. The van der Waals surface area contributed by atoms with Crippen LogP contribution in [0.5, 0.6) is 0 Å². The Hall–Kier alpha value is -0.760. The maximum atomic E-state index is 5.84. The van der Waals surface area contributed by atoms with Crippen LogP contribution < -0.4 is 5.32 Å². The molecule has 0 amide bonds. The number of hydrogen-bond donors (Lipinski definition) is 1. The summed E-state index contributed by atoms with van der Waals surface area (Å²) in [5.74, 6) is 0.828. The zero-order chi connectivity index (χ0) is 11.2. The summed E-state index contributed by atoms with van der Waals surface area (Å²) in [5, 5.41) is 4.02. The minimum Gasteiger partial charge on any atom is -0.385 e. The Kier molecular flexibility index (Phi) is 4.46. The van der Waals surface area contributed by atoms with Crippen molar-refractivity contribution in [2.24, 2.45) is 5.92 Å². The van der Waals surface area contributed by atoms with Gasteiger partial charge in [0.1, 0.15) is 5.15 Å². The average Bonchev–Trinajstić information content (AvgIpc) is 2.55. The van der Waals surface area contributed by atoms with Crippen LogP contribution >= 0.6 is 11.6 Å². The van der Waals surface area contributed by atoms with Crippen LogP contribution in [0.1, 0.15) is 38.5 Å². The molecule has 1 saturated carbocycles. The van der Waals surface area contributed by atoms with Gasteiger partial charge in [-0.25, -0.2) is 4.98 Å². The highest BCUT2D eigenvalue weighted by molar-refractivity contribution is 6.29. The van der Waals surface area contributed by atoms with Gasteiger partial charge in [-0.1, -0.05) is 37.3 Å². The second-order valence-corrected chi connectivity index (χ2v) is 4.99. The minimum absolute atomic E-state index is 0.561. The van der Waals surface area contributed by atoms with Gasteiger partial charge in [-0.2, -0.15) is 0 Å². The summed E-state index contributed by atoms with van der Waals surface area (Å²) in [6.07, 6.45) is 10.1. The van der Waals surface area contributed by atoms with E-state index in [2.05, 4.69) is 10.3 Å². The molecule has 1 N–H and O–H groups in total. The molecule has 1 aromatic heterocycles. The summed E-state index contributed by atoms with van der Waals surface area (Å²) in [4.78, 5) is 3.98. The highest BCUT2D eigenvalue weighted by Crippen LogP contribution is 2.23. The molecule has 0 atom stereocenters. The number of nitrogens with one attached hydrogen (secondary N) is 1. The number of anilines is 1. The first-order chi connectivity index (χ1) is 7.84. The summed E-state index contributed by atoms with van der Waals surface area (Å²) < 4.78 is 0. The molecule has 3 heteroatoms. The van der Waals surface area contributed by atoms with E-state index in [1.807, 2.05) is 12.1 Å². The van der Waals surface area contributed by atoms with Crippen molar-refractivity contribution in [1.82, 2.24) is 4.98 Å². The Balaban J connectivity index is 1.81. The molecule has 1 aliphatic carbocycles. The lowest BCUT2D eigenvalue weighted by Gasteiger charge is -2.15. The molecule has 0 unspecified atom stereocenters. The Morgan fingerprint density at radius 1 is 1.25 bits per heavy atom. The van der Waals surface area contributed by atoms with Gasteiger partial charge in [0.2, 0.25) is 0 Å². The van der Waals surface area contributed by atoms with Crippen LogP contribution in [0.25, 0.3) is 0 Å². The molecular formula is C13H19ClN2. The highest BCUT2D eigenvalue weighted by atomic mass is 35.5. The largest absolute Gasteiger partial charge is 0.385 e. The lowest BCUT2D eigenvalue weighted by molar-refractivity contribution is 0.483. The third-order valence-corrected chi connectivity index (χ3v) is 3.50. The van der Waals surface area contributed by atoms with Crippen LogP contribution in [0.3, 0.4) is 0 Å². The monoisotopic (exact) mass is 238 g/mol. The van der Waals surface area contributed by atoms with Crippen LogP contribution in [0.15, 0.2) is 18.3 Å². The average molecular weight is 239 g/mol. The first-order valence-corrected chi connectivity index (χ1v) is 6.58. The molecule has 16 heavy (non-hydrogen) atoms. The van der Waals surface area contributed by atoms with Crippen LogP contribution in [-0.2, 0) is 0 Å². The molecule has 0 spiro atoms. The number of halogens is 1. The van der Waals surface area contributed by atoms with Gasteiger partial charge in [0.25, 0.3) is 0 Å². The SMILES string of the molecule is Clc1cc(NCC2CCCCCC2)ccn1. The molecule has 1 aliphatic rings. The topological polar surface area (TPSA) is 24.9 Å². The fraction of sp³-hybridized carbons (Fsp3) is 0.615. The lowest BCUT2D eigenvalue weighted by Crippen LogP contribution is -2.13. The Bertz CT molecular complexity index is 319. The zero-order valence-corrected chi connectivity index (χ0v) is 10.3. The van der Waals surface area contributed by atoms with Crippen molar-refractivity contribution < 1.29 is 0 Å². The molecule has 2 rings (SSSR count). The van der Waals surface area contributed by atoms with E-state index in [1.165, 1.54) is 38.5 Å². The van der Waals surface area contributed by atoms with Crippen molar-refractivity contribution in [2.45, 2.75) is 38.5 Å². The van der Waals surface area contributed by atoms with Crippen molar-refractivity contribution in [3.8, 4) is 0 Å². The summed E-state index contributed by atoms with van der Waals surface area (Å²) in [6.45, 7) is 1.07. The van der Waals surface area contributed by atoms with E-state index >= 15 is 0 Å². The van der Waals surface area contributed by atoms with Crippen molar-refractivity contribution in [2.75, 3.05) is 11.9 Å². The van der Waals surface area contributed by atoms with Crippen molar-refractivity contribution in [3.63, 3.8) is 0 Å². The predicted molar refractivity (Wildman–Crippen MR) is 68.9 cm³/mol. The summed E-state index contributed by atoms with van der Waals surface area (Å²) in [5.41, 5.74) is 1.09. The maximum Gasteiger partial charge on any atom is 0.131 e. The highest BCUT2D eigenvalue weighted by Gasteiger charge is 2.11. The van der Waals surface area contributed by atoms with Gasteiger partial charge in [-0.3, -0.25) is 0 Å².